The van der Waals surface area contributed by atoms with Crippen molar-refractivity contribution < 1.29 is 4.79 Å². The van der Waals surface area contributed by atoms with Crippen LogP contribution in [0.5, 0.6) is 0 Å². The number of benzene rings is 1. The first kappa shape index (κ1) is 13.2. The largest absolute Gasteiger partial charge is 0.298 e. The summed E-state index contributed by atoms with van der Waals surface area (Å²) < 4.78 is 0. The maximum Gasteiger partial charge on any atom is 0.164 e. The van der Waals surface area contributed by atoms with Crippen LogP contribution in [-0.4, -0.2) is 23.8 Å². The molecule has 1 fully saturated rings. The van der Waals surface area contributed by atoms with Crippen LogP contribution in [0.15, 0.2) is 35.7 Å². The van der Waals surface area contributed by atoms with Gasteiger partial charge in [-0.3, -0.25) is 9.69 Å². The topological polar surface area (TPSA) is 20.3 Å². The van der Waals surface area contributed by atoms with Crippen molar-refractivity contribution in [2.45, 2.75) is 25.8 Å². The first-order valence-electron chi connectivity index (χ1n) is 7.60. The lowest BCUT2D eigenvalue weighted by molar-refractivity contribution is 0.0947. The van der Waals surface area contributed by atoms with Crippen LogP contribution in [0.4, 0.5) is 0 Å². The number of ketones is 1. The van der Waals surface area contributed by atoms with E-state index < -0.39 is 0 Å². The molecule has 0 amide bonds. The number of rotatable bonds is 2. The summed E-state index contributed by atoms with van der Waals surface area (Å²) in [5.41, 5.74) is 3.59. The van der Waals surface area contributed by atoms with E-state index in [0.717, 1.165) is 31.6 Å². The Morgan fingerprint density at radius 2 is 2.05 bits per heavy atom. The third kappa shape index (κ3) is 2.25. The van der Waals surface area contributed by atoms with Crippen molar-refractivity contribution in [2.24, 2.45) is 5.92 Å². The molecule has 1 aliphatic heterocycles. The Morgan fingerprint density at radius 3 is 2.86 bits per heavy atom. The molecule has 2 nitrogen and oxygen atoms in total. The van der Waals surface area contributed by atoms with E-state index in [1.165, 1.54) is 16.0 Å². The van der Waals surface area contributed by atoms with Gasteiger partial charge >= 0.3 is 0 Å². The predicted molar refractivity (Wildman–Crippen MR) is 86.0 cm³/mol. The fourth-order valence-electron chi connectivity index (χ4n) is 3.87. The van der Waals surface area contributed by atoms with Gasteiger partial charge in [-0.2, -0.15) is 0 Å². The molecule has 1 saturated heterocycles. The van der Waals surface area contributed by atoms with Gasteiger partial charge in [-0.25, -0.2) is 0 Å². The molecule has 0 spiro atoms. The van der Waals surface area contributed by atoms with Crippen molar-refractivity contribution in [3.63, 3.8) is 0 Å². The number of likely N-dealkylation sites (tertiary alicyclic amines) is 1. The number of thiophene rings is 1. The van der Waals surface area contributed by atoms with Crippen molar-refractivity contribution in [2.75, 3.05) is 13.1 Å². The Hall–Kier alpha value is -1.45. The fourth-order valence-corrected chi connectivity index (χ4v) is 5.13. The second-order valence-corrected chi connectivity index (χ2v) is 7.24. The van der Waals surface area contributed by atoms with Crippen LogP contribution in [0.25, 0.3) is 0 Å². The monoisotopic (exact) mass is 297 g/mol. The molecule has 0 saturated carbocycles. The first-order valence-corrected chi connectivity index (χ1v) is 8.48. The highest BCUT2D eigenvalue weighted by Crippen LogP contribution is 2.45. The van der Waals surface area contributed by atoms with Crippen LogP contribution in [0.2, 0.25) is 0 Å². The number of aryl methyl sites for hydroxylation is 1. The normalized spacial score (nSPS) is 24.9. The summed E-state index contributed by atoms with van der Waals surface area (Å²) in [6.07, 6.45) is 0.737. The average molecular weight is 297 g/mol. The van der Waals surface area contributed by atoms with E-state index in [0.29, 0.717) is 17.6 Å². The number of carbonyl (C=O) groups excluding carboxylic acids is 1. The quantitative estimate of drug-likeness (QED) is 0.839. The van der Waals surface area contributed by atoms with Gasteiger partial charge in [0.1, 0.15) is 0 Å². The molecule has 2 aliphatic rings. The smallest absolute Gasteiger partial charge is 0.164 e. The third-order valence-electron chi connectivity index (χ3n) is 4.83. The minimum Gasteiger partial charge on any atom is -0.298 e. The molecule has 1 aliphatic carbocycles. The van der Waals surface area contributed by atoms with Gasteiger partial charge in [0.25, 0.3) is 0 Å². The lowest BCUT2D eigenvalue weighted by Crippen LogP contribution is -2.22. The molecule has 1 aromatic heterocycles. The molecule has 2 atom stereocenters. The van der Waals surface area contributed by atoms with Crippen molar-refractivity contribution in [1.29, 1.82) is 0 Å². The van der Waals surface area contributed by atoms with E-state index in [4.69, 9.17) is 0 Å². The number of carbonyl (C=O) groups is 1. The van der Waals surface area contributed by atoms with E-state index in [2.05, 4.69) is 47.5 Å². The van der Waals surface area contributed by atoms with Crippen molar-refractivity contribution in [3.05, 3.63) is 57.3 Å². The van der Waals surface area contributed by atoms with Crippen molar-refractivity contribution in [3.8, 4) is 0 Å². The summed E-state index contributed by atoms with van der Waals surface area (Å²) in [6, 6.07) is 10.6. The number of Topliss-reactive ketones (excluding diaryl/α,β-unsaturated/α-hetero) is 1. The van der Waals surface area contributed by atoms with Gasteiger partial charge in [0, 0.05) is 42.4 Å². The molecule has 2 unspecified atom stereocenters. The molecule has 3 heteroatoms. The van der Waals surface area contributed by atoms with Gasteiger partial charge in [-0.15, -0.1) is 11.3 Å². The lowest BCUT2D eigenvalue weighted by atomic mass is 9.80. The van der Waals surface area contributed by atoms with Crippen LogP contribution in [0.1, 0.15) is 38.7 Å². The third-order valence-corrected chi connectivity index (χ3v) is 6.06. The Balaban J connectivity index is 1.57. The molecule has 21 heavy (non-hydrogen) atoms. The number of fused-ring (bicyclic) bond motifs is 3. The Morgan fingerprint density at radius 1 is 1.24 bits per heavy atom. The maximum absolute atomic E-state index is 12.4. The summed E-state index contributed by atoms with van der Waals surface area (Å²) in [7, 11) is 0. The highest BCUT2D eigenvalue weighted by molar-refractivity contribution is 7.10. The summed E-state index contributed by atoms with van der Waals surface area (Å²) in [6.45, 7) is 5.23. The molecule has 2 heterocycles. The van der Waals surface area contributed by atoms with Gasteiger partial charge in [0.2, 0.25) is 0 Å². The van der Waals surface area contributed by atoms with Gasteiger partial charge < -0.3 is 0 Å². The molecular weight excluding hydrogens is 278 g/mol. The molecule has 4 rings (SSSR count). The highest BCUT2D eigenvalue weighted by atomic mass is 32.1. The maximum atomic E-state index is 12.4. The van der Waals surface area contributed by atoms with E-state index in [1.807, 2.05) is 0 Å². The van der Waals surface area contributed by atoms with E-state index in [9.17, 15) is 4.79 Å². The zero-order valence-electron chi connectivity index (χ0n) is 12.2. The molecule has 2 aromatic rings. The Labute approximate surface area is 129 Å². The molecule has 0 radical (unpaired) electrons. The summed E-state index contributed by atoms with van der Waals surface area (Å²) >= 11 is 1.79. The van der Waals surface area contributed by atoms with Crippen molar-refractivity contribution in [1.82, 2.24) is 4.90 Å². The number of hydrogen-bond donors (Lipinski definition) is 0. The van der Waals surface area contributed by atoms with E-state index in [1.54, 1.807) is 11.3 Å². The van der Waals surface area contributed by atoms with Crippen molar-refractivity contribution >= 4 is 17.1 Å². The minimum atomic E-state index is 0.367. The summed E-state index contributed by atoms with van der Waals surface area (Å²) in [4.78, 5) is 16.2. The minimum absolute atomic E-state index is 0.367. The van der Waals surface area contributed by atoms with Gasteiger partial charge in [0.15, 0.2) is 5.78 Å². The molecule has 1 aromatic carbocycles. The number of nitrogens with zero attached hydrogens (tertiary/aromatic N) is 1. The summed E-state index contributed by atoms with van der Waals surface area (Å²) in [5.74, 6) is 1.46. The number of hydrogen-bond acceptors (Lipinski definition) is 3. The molecule has 0 bridgehead atoms. The van der Waals surface area contributed by atoms with Gasteiger partial charge in [-0.05, 0) is 29.3 Å². The molecular formula is C18H19NOS. The predicted octanol–water partition coefficient (Wildman–Crippen LogP) is 3.86. The molecule has 108 valence electrons. The standard InChI is InChI=1S/C18H19NOS/c1-12-11-21-18-15-10-19(8-13-5-3-2-4-6-13)9-14(15)7-16(20)17(12)18/h2-6,11,14-15H,7-10H2,1H3. The summed E-state index contributed by atoms with van der Waals surface area (Å²) in [5, 5.41) is 2.16. The SMILES string of the molecule is Cc1csc2c1C(=O)CC1CN(Cc3ccccc3)CC21. The first-order chi connectivity index (χ1) is 10.2. The van der Waals surface area contributed by atoms with Gasteiger partial charge in [-0.1, -0.05) is 30.3 Å². The van der Waals surface area contributed by atoms with Crippen LogP contribution >= 0.6 is 11.3 Å². The zero-order chi connectivity index (χ0) is 14.4. The zero-order valence-corrected chi connectivity index (χ0v) is 13.0. The Bertz CT molecular complexity index is 676. The second kappa shape index (κ2) is 5.08. The fraction of sp³-hybridized carbons (Fsp3) is 0.389. The van der Waals surface area contributed by atoms with Crippen LogP contribution < -0.4 is 0 Å². The van der Waals surface area contributed by atoms with E-state index >= 15 is 0 Å². The average Bonchev–Trinajstić information content (AvgIpc) is 3.04. The Kier molecular flexibility index (Phi) is 3.20. The van der Waals surface area contributed by atoms with Crippen LogP contribution in [0.3, 0.4) is 0 Å². The van der Waals surface area contributed by atoms with Crippen LogP contribution in [-0.2, 0) is 6.54 Å². The van der Waals surface area contributed by atoms with Gasteiger partial charge in [0.05, 0.1) is 0 Å². The highest BCUT2D eigenvalue weighted by Gasteiger charge is 2.41. The second-order valence-electron chi connectivity index (χ2n) is 6.33. The molecule has 0 N–H and O–H groups in total. The lowest BCUT2D eigenvalue weighted by Gasteiger charge is -2.23. The van der Waals surface area contributed by atoms with Crippen LogP contribution in [0, 0.1) is 12.8 Å². The van der Waals surface area contributed by atoms with E-state index in [-0.39, 0.29) is 0 Å².